The van der Waals surface area contributed by atoms with E-state index in [4.69, 9.17) is 0 Å². The predicted molar refractivity (Wildman–Crippen MR) is 144 cm³/mol. The first-order valence-electron chi connectivity index (χ1n) is 13.5. The summed E-state index contributed by atoms with van der Waals surface area (Å²) < 4.78 is 0. The molecule has 5 nitrogen and oxygen atoms in total. The first-order valence-corrected chi connectivity index (χ1v) is 13.5. The predicted octanol–water partition coefficient (Wildman–Crippen LogP) is 5.52. The van der Waals surface area contributed by atoms with Crippen molar-refractivity contribution in [3.05, 3.63) is 0 Å². The van der Waals surface area contributed by atoms with Gasteiger partial charge < -0.3 is 20.2 Å². The van der Waals surface area contributed by atoms with E-state index >= 15 is 0 Å². The smallest absolute Gasteiger partial charge is 0.228 e. The number of nitrogens with zero attached hydrogens (tertiary/aromatic N) is 2. The number of carbonyl (C=O) groups is 1. The van der Waals surface area contributed by atoms with E-state index < -0.39 is 11.8 Å². The summed E-state index contributed by atoms with van der Waals surface area (Å²) >= 11 is 0. The Morgan fingerprint density at radius 3 is 2.06 bits per heavy atom. The van der Waals surface area contributed by atoms with E-state index in [0.717, 1.165) is 32.4 Å². The van der Waals surface area contributed by atoms with Crippen molar-refractivity contribution in [3.63, 3.8) is 0 Å². The number of aliphatic hydroxyl groups is 1. The van der Waals surface area contributed by atoms with E-state index in [0.29, 0.717) is 11.8 Å². The molecular weight excluding hydrogens is 422 g/mol. The van der Waals surface area contributed by atoms with Crippen LogP contribution in [-0.4, -0.2) is 65.3 Å². The van der Waals surface area contributed by atoms with Gasteiger partial charge in [0.1, 0.15) is 6.23 Å². The van der Waals surface area contributed by atoms with Crippen molar-refractivity contribution in [2.45, 2.75) is 126 Å². The second-order valence-corrected chi connectivity index (χ2v) is 15.4. The van der Waals surface area contributed by atoms with Gasteiger partial charge in [0.2, 0.25) is 5.91 Å². The number of aliphatic hydroxyl groups excluding tert-OH is 1. The molecule has 1 heterocycles. The zero-order valence-electron chi connectivity index (χ0n) is 24.9. The molecule has 4 unspecified atom stereocenters. The number of hydrogen-bond donors (Lipinski definition) is 2. The molecule has 0 spiro atoms. The van der Waals surface area contributed by atoms with E-state index in [2.05, 4.69) is 100 Å². The standard InChI is InChI=1S/C29H57N3O2/c1-24(2,3)29(11)20-28(29,10)19-25(4,5)21-18-22(33)32(23(21)34)27(8,9)14-16-30-26(6,7)15-17-31(12)13/h21-22,30,33H,14-20H2,1-13H3. The van der Waals surface area contributed by atoms with Crippen molar-refractivity contribution in [3.8, 4) is 0 Å². The van der Waals surface area contributed by atoms with Crippen LogP contribution in [0.2, 0.25) is 0 Å². The van der Waals surface area contributed by atoms with Crippen molar-refractivity contribution in [2.24, 2.45) is 27.6 Å². The lowest BCUT2D eigenvalue weighted by Gasteiger charge is -2.41. The monoisotopic (exact) mass is 479 g/mol. The zero-order chi connectivity index (χ0) is 26.5. The summed E-state index contributed by atoms with van der Waals surface area (Å²) in [5.74, 6) is 0.00369. The van der Waals surface area contributed by atoms with E-state index in [-0.39, 0.29) is 33.6 Å². The molecule has 2 fully saturated rings. The molecule has 5 heteroatoms. The molecule has 1 saturated heterocycles. The van der Waals surface area contributed by atoms with Crippen molar-refractivity contribution in [2.75, 3.05) is 27.2 Å². The van der Waals surface area contributed by atoms with Gasteiger partial charge in [-0.05, 0) is 102 Å². The highest BCUT2D eigenvalue weighted by Crippen LogP contribution is 2.75. The summed E-state index contributed by atoms with van der Waals surface area (Å²) in [4.78, 5) is 17.8. The number of hydrogen-bond acceptors (Lipinski definition) is 4. The summed E-state index contributed by atoms with van der Waals surface area (Å²) in [5, 5.41) is 14.7. The first-order chi connectivity index (χ1) is 15.1. The van der Waals surface area contributed by atoms with Gasteiger partial charge in [-0.15, -0.1) is 0 Å². The van der Waals surface area contributed by atoms with Crippen LogP contribution < -0.4 is 5.32 Å². The van der Waals surface area contributed by atoms with E-state index in [9.17, 15) is 9.90 Å². The van der Waals surface area contributed by atoms with Gasteiger partial charge in [0.15, 0.2) is 0 Å². The Morgan fingerprint density at radius 1 is 1.03 bits per heavy atom. The molecule has 0 aromatic heterocycles. The van der Waals surface area contributed by atoms with Gasteiger partial charge in [-0.25, -0.2) is 0 Å². The minimum Gasteiger partial charge on any atom is -0.373 e. The number of likely N-dealkylation sites (tertiary alicyclic amines) is 1. The maximum absolute atomic E-state index is 13.8. The summed E-state index contributed by atoms with van der Waals surface area (Å²) in [6, 6.07) is 0. The van der Waals surface area contributed by atoms with Crippen LogP contribution in [0, 0.1) is 27.6 Å². The Hall–Kier alpha value is -0.650. The summed E-state index contributed by atoms with van der Waals surface area (Å²) in [5.41, 5.74) is 0.283. The molecule has 2 N–H and O–H groups in total. The van der Waals surface area contributed by atoms with Crippen LogP contribution in [0.1, 0.15) is 108 Å². The van der Waals surface area contributed by atoms with Crippen LogP contribution in [0.4, 0.5) is 0 Å². The molecule has 0 aromatic rings. The Labute approximate surface area is 211 Å². The van der Waals surface area contributed by atoms with Crippen molar-refractivity contribution in [1.29, 1.82) is 0 Å². The van der Waals surface area contributed by atoms with Gasteiger partial charge in [0.25, 0.3) is 0 Å². The maximum Gasteiger partial charge on any atom is 0.228 e. The Kier molecular flexibility index (Phi) is 8.12. The lowest BCUT2D eigenvalue weighted by atomic mass is 9.66. The van der Waals surface area contributed by atoms with Crippen LogP contribution in [0.3, 0.4) is 0 Å². The lowest BCUT2D eigenvalue weighted by molar-refractivity contribution is -0.146. The van der Waals surface area contributed by atoms with Crippen molar-refractivity contribution < 1.29 is 9.90 Å². The summed E-state index contributed by atoms with van der Waals surface area (Å²) in [6.45, 7) is 26.9. The fourth-order valence-electron chi connectivity index (χ4n) is 6.80. The SMILES string of the molecule is CN(C)CCC(C)(C)NCCC(C)(C)N1C(=O)C(C(C)(C)CC2(C)CC2(C)C(C)(C)C)CC1O. The minimum atomic E-state index is -0.700. The fourth-order valence-corrected chi connectivity index (χ4v) is 6.80. The highest BCUT2D eigenvalue weighted by atomic mass is 16.3. The first kappa shape index (κ1) is 29.6. The number of carbonyl (C=O) groups excluding carboxylic acids is 1. The Balaban J connectivity index is 2.04. The second kappa shape index (κ2) is 9.34. The Bertz CT molecular complexity index is 736. The fraction of sp³-hybridized carbons (Fsp3) is 0.966. The normalized spacial score (nSPS) is 31.0. The molecule has 4 atom stereocenters. The topological polar surface area (TPSA) is 55.8 Å². The minimum absolute atomic E-state index is 0.0396. The van der Waals surface area contributed by atoms with E-state index in [1.54, 1.807) is 4.90 Å². The van der Waals surface area contributed by atoms with Gasteiger partial charge in [0.05, 0.1) is 0 Å². The van der Waals surface area contributed by atoms with Gasteiger partial charge in [0, 0.05) is 23.4 Å². The molecule has 0 bridgehead atoms. The average molecular weight is 480 g/mol. The number of rotatable bonds is 11. The average Bonchev–Trinajstić information content (AvgIpc) is 3.01. The highest BCUT2D eigenvalue weighted by Gasteiger charge is 2.67. The molecule has 2 aliphatic rings. The third-order valence-electron chi connectivity index (χ3n) is 9.85. The van der Waals surface area contributed by atoms with E-state index in [1.807, 2.05) is 0 Å². The van der Waals surface area contributed by atoms with Gasteiger partial charge in [-0.1, -0.05) is 48.5 Å². The highest BCUT2D eigenvalue weighted by molar-refractivity contribution is 5.82. The summed E-state index contributed by atoms with van der Waals surface area (Å²) in [6.07, 6.45) is 3.95. The molecule has 2 rings (SSSR count). The van der Waals surface area contributed by atoms with Crippen molar-refractivity contribution >= 4 is 5.91 Å². The molecular formula is C29H57N3O2. The molecule has 1 aliphatic heterocycles. The largest absolute Gasteiger partial charge is 0.373 e. The van der Waals surface area contributed by atoms with E-state index in [1.165, 1.54) is 6.42 Å². The molecule has 0 aromatic carbocycles. The lowest BCUT2D eigenvalue weighted by Crippen LogP contribution is -2.52. The Morgan fingerprint density at radius 2 is 1.59 bits per heavy atom. The van der Waals surface area contributed by atoms with Crippen LogP contribution in [0.5, 0.6) is 0 Å². The third kappa shape index (κ3) is 6.00. The van der Waals surface area contributed by atoms with Gasteiger partial charge >= 0.3 is 0 Å². The molecule has 1 saturated carbocycles. The molecule has 0 radical (unpaired) electrons. The number of amides is 1. The number of nitrogens with one attached hydrogen (secondary N) is 1. The second-order valence-electron chi connectivity index (χ2n) is 15.4. The molecule has 1 aliphatic carbocycles. The van der Waals surface area contributed by atoms with Gasteiger partial charge in [-0.3, -0.25) is 4.79 Å². The third-order valence-corrected chi connectivity index (χ3v) is 9.85. The van der Waals surface area contributed by atoms with Crippen LogP contribution in [0.25, 0.3) is 0 Å². The van der Waals surface area contributed by atoms with Crippen LogP contribution >= 0.6 is 0 Å². The zero-order valence-corrected chi connectivity index (χ0v) is 24.9. The quantitative estimate of drug-likeness (QED) is 0.410. The molecule has 1 amide bonds. The van der Waals surface area contributed by atoms with Crippen LogP contribution in [-0.2, 0) is 4.79 Å². The molecule has 200 valence electrons. The maximum atomic E-state index is 13.8. The van der Waals surface area contributed by atoms with Gasteiger partial charge in [-0.2, -0.15) is 0 Å². The molecule has 34 heavy (non-hydrogen) atoms. The van der Waals surface area contributed by atoms with Crippen LogP contribution in [0.15, 0.2) is 0 Å². The summed E-state index contributed by atoms with van der Waals surface area (Å²) in [7, 11) is 4.20. The van der Waals surface area contributed by atoms with Crippen molar-refractivity contribution in [1.82, 2.24) is 15.1 Å².